The van der Waals surface area contributed by atoms with Crippen molar-refractivity contribution in [3.8, 4) is 0 Å². The van der Waals surface area contributed by atoms with Gasteiger partial charge in [0.25, 0.3) is 0 Å². The second-order valence-corrected chi connectivity index (χ2v) is 6.22. The van der Waals surface area contributed by atoms with Gasteiger partial charge in [0.15, 0.2) is 0 Å². The normalized spacial score (nSPS) is 16.3. The van der Waals surface area contributed by atoms with Gasteiger partial charge in [-0.15, -0.1) is 0 Å². The number of hydrogen-bond acceptors (Lipinski definition) is 2. The van der Waals surface area contributed by atoms with Crippen molar-refractivity contribution in [3.63, 3.8) is 0 Å². The molecule has 4 heteroatoms. The van der Waals surface area contributed by atoms with Gasteiger partial charge in [0.1, 0.15) is 5.82 Å². The van der Waals surface area contributed by atoms with E-state index in [-0.39, 0.29) is 5.02 Å². The molecule has 106 valence electrons. The lowest BCUT2D eigenvalue weighted by molar-refractivity contribution is 0.534. The van der Waals surface area contributed by atoms with Crippen LogP contribution in [-0.2, 0) is 0 Å². The molecule has 0 radical (unpaired) electrons. The van der Waals surface area contributed by atoms with E-state index in [0.717, 1.165) is 25.1 Å². The van der Waals surface area contributed by atoms with Crippen molar-refractivity contribution in [2.75, 3.05) is 17.2 Å². The summed E-state index contributed by atoms with van der Waals surface area (Å²) >= 11 is 5.78. The van der Waals surface area contributed by atoms with Gasteiger partial charge in [-0.2, -0.15) is 0 Å². The Morgan fingerprint density at radius 2 is 2.00 bits per heavy atom. The molecule has 0 atom stereocenters. The Morgan fingerprint density at radius 1 is 1.37 bits per heavy atom. The van der Waals surface area contributed by atoms with Gasteiger partial charge in [0.2, 0.25) is 0 Å². The van der Waals surface area contributed by atoms with Crippen LogP contribution < -0.4 is 10.6 Å². The molecule has 1 aliphatic rings. The standard InChI is InChI=1S/C15H22ClFN2/c1-10(2)9-19(11-5-3-4-6-11)15-8-13(17)12(16)7-14(15)18/h7-8,10-11H,3-6,9,18H2,1-2H3. The van der Waals surface area contributed by atoms with E-state index >= 15 is 0 Å². The first-order chi connectivity index (χ1) is 8.99. The summed E-state index contributed by atoms with van der Waals surface area (Å²) in [7, 11) is 0. The predicted octanol–water partition coefficient (Wildman–Crippen LogP) is 4.47. The molecule has 1 fully saturated rings. The van der Waals surface area contributed by atoms with Crippen LogP contribution in [-0.4, -0.2) is 12.6 Å². The minimum Gasteiger partial charge on any atom is -0.397 e. The SMILES string of the molecule is CC(C)CN(c1cc(F)c(Cl)cc1N)C1CCCC1. The van der Waals surface area contributed by atoms with E-state index in [4.69, 9.17) is 17.3 Å². The van der Waals surface area contributed by atoms with E-state index in [1.54, 1.807) is 0 Å². The minimum absolute atomic E-state index is 0.0946. The van der Waals surface area contributed by atoms with Crippen molar-refractivity contribution in [1.82, 2.24) is 0 Å². The predicted molar refractivity (Wildman–Crippen MR) is 80.3 cm³/mol. The van der Waals surface area contributed by atoms with Crippen LogP contribution in [0.3, 0.4) is 0 Å². The van der Waals surface area contributed by atoms with Crippen molar-refractivity contribution in [2.24, 2.45) is 5.92 Å². The lowest BCUT2D eigenvalue weighted by Gasteiger charge is -2.33. The number of rotatable bonds is 4. The van der Waals surface area contributed by atoms with Gasteiger partial charge in [-0.05, 0) is 24.8 Å². The molecule has 0 saturated heterocycles. The van der Waals surface area contributed by atoms with Crippen molar-refractivity contribution >= 4 is 23.0 Å². The molecule has 0 aromatic heterocycles. The monoisotopic (exact) mass is 284 g/mol. The first-order valence-electron chi connectivity index (χ1n) is 7.00. The summed E-state index contributed by atoms with van der Waals surface area (Å²) in [4.78, 5) is 2.27. The molecule has 2 N–H and O–H groups in total. The van der Waals surface area contributed by atoms with Gasteiger partial charge in [-0.25, -0.2) is 4.39 Å². The highest BCUT2D eigenvalue weighted by Gasteiger charge is 2.25. The van der Waals surface area contributed by atoms with Crippen LogP contribution in [0.4, 0.5) is 15.8 Å². The molecule has 0 unspecified atom stereocenters. The quantitative estimate of drug-likeness (QED) is 0.827. The summed E-state index contributed by atoms with van der Waals surface area (Å²) < 4.78 is 13.7. The van der Waals surface area contributed by atoms with Gasteiger partial charge < -0.3 is 10.6 Å². The summed E-state index contributed by atoms with van der Waals surface area (Å²) in [5.41, 5.74) is 7.40. The average molecular weight is 285 g/mol. The molecular formula is C15H22ClFN2. The fraction of sp³-hybridized carbons (Fsp3) is 0.600. The number of anilines is 2. The van der Waals surface area contributed by atoms with Gasteiger partial charge in [0.05, 0.1) is 16.4 Å². The first kappa shape index (κ1) is 14.4. The molecule has 0 aliphatic heterocycles. The number of halogens is 2. The van der Waals surface area contributed by atoms with E-state index in [1.165, 1.54) is 25.0 Å². The summed E-state index contributed by atoms with van der Waals surface area (Å²) in [6, 6.07) is 3.48. The van der Waals surface area contributed by atoms with Crippen LogP contribution in [0.25, 0.3) is 0 Å². The fourth-order valence-corrected chi connectivity index (χ4v) is 3.03. The van der Waals surface area contributed by atoms with Gasteiger partial charge in [-0.3, -0.25) is 0 Å². The Hall–Kier alpha value is -0.960. The summed E-state index contributed by atoms with van der Waals surface area (Å²) in [6.07, 6.45) is 4.82. The lowest BCUT2D eigenvalue weighted by atomic mass is 10.1. The van der Waals surface area contributed by atoms with E-state index in [1.807, 2.05) is 0 Å². The molecule has 19 heavy (non-hydrogen) atoms. The third-order valence-corrected chi connectivity index (χ3v) is 4.00. The highest BCUT2D eigenvalue weighted by atomic mass is 35.5. The van der Waals surface area contributed by atoms with Crippen LogP contribution in [0.15, 0.2) is 12.1 Å². The van der Waals surface area contributed by atoms with E-state index in [2.05, 4.69) is 18.7 Å². The van der Waals surface area contributed by atoms with Gasteiger partial charge in [0, 0.05) is 18.7 Å². The van der Waals surface area contributed by atoms with Crippen LogP contribution in [0.2, 0.25) is 5.02 Å². The Balaban J connectivity index is 2.33. The molecule has 1 aromatic carbocycles. The molecule has 0 heterocycles. The summed E-state index contributed by atoms with van der Waals surface area (Å²) in [6.45, 7) is 5.24. The molecule has 1 aromatic rings. The number of nitrogens with zero attached hydrogens (tertiary/aromatic N) is 1. The maximum Gasteiger partial charge on any atom is 0.144 e. The lowest BCUT2D eigenvalue weighted by Crippen LogP contribution is -2.36. The largest absolute Gasteiger partial charge is 0.397 e. The topological polar surface area (TPSA) is 29.3 Å². The average Bonchev–Trinajstić information content (AvgIpc) is 2.84. The Bertz CT molecular complexity index is 442. The van der Waals surface area contributed by atoms with Crippen molar-refractivity contribution in [1.29, 1.82) is 0 Å². The molecule has 2 rings (SSSR count). The molecule has 2 nitrogen and oxygen atoms in total. The van der Waals surface area contributed by atoms with Crippen LogP contribution in [0, 0.1) is 11.7 Å². The molecule has 1 saturated carbocycles. The Kier molecular flexibility index (Phi) is 4.56. The second kappa shape index (κ2) is 6.00. The van der Waals surface area contributed by atoms with Gasteiger partial charge >= 0.3 is 0 Å². The van der Waals surface area contributed by atoms with Crippen molar-refractivity contribution < 1.29 is 4.39 Å². The fourth-order valence-electron chi connectivity index (χ4n) is 2.85. The number of hydrogen-bond donors (Lipinski definition) is 1. The number of nitrogen functional groups attached to an aromatic ring is 1. The first-order valence-corrected chi connectivity index (χ1v) is 7.38. The third-order valence-electron chi connectivity index (χ3n) is 3.71. The third kappa shape index (κ3) is 3.33. The Morgan fingerprint density at radius 3 is 2.58 bits per heavy atom. The molecular weight excluding hydrogens is 263 g/mol. The van der Waals surface area contributed by atoms with Gasteiger partial charge in [-0.1, -0.05) is 38.3 Å². The zero-order chi connectivity index (χ0) is 14.0. The molecule has 0 amide bonds. The minimum atomic E-state index is -0.391. The van der Waals surface area contributed by atoms with Crippen LogP contribution in [0.1, 0.15) is 39.5 Å². The van der Waals surface area contributed by atoms with E-state index in [0.29, 0.717) is 17.6 Å². The Labute approximate surface area is 119 Å². The van der Waals surface area contributed by atoms with Crippen LogP contribution >= 0.6 is 11.6 Å². The second-order valence-electron chi connectivity index (χ2n) is 5.81. The van der Waals surface area contributed by atoms with E-state index < -0.39 is 5.82 Å². The van der Waals surface area contributed by atoms with E-state index in [9.17, 15) is 4.39 Å². The summed E-state index contributed by atoms with van der Waals surface area (Å²) in [5.74, 6) is 0.122. The highest BCUT2D eigenvalue weighted by Crippen LogP contribution is 2.35. The smallest absolute Gasteiger partial charge is 0.144 e. The maximum atomic E-state index is 13.7. The molecule has 1 aliphatic carbocycles. The molecule has 0 bridgehead atoms. The number of nitrogens with two attached hydrogens (primary N) is 1. The van der Waals surface area contributed by atoms with Crippen LogP contribution in [0.5, 0.6) is 0 Å². The maximum absolute atomic E-state index is 13.7. The van der Waals surface area contributed by atoms with Crippen molar-refractivity contribution in [2.45, 2.75) is 45.6 Å². The molecule has 0 spiro atoms. The number of benzene rings is 1. The zero-order valence-electron chi connectivity index (χ0n) is 11.6. The summed E-state index contributed by atoms with van der Waals surface area (Å²) in [5, 5.41) is 0.0946. The van der Waals surface area contributed by atoms with Crippen molar-refractivity contribution in [3.05, 3.63) is 23.0 Å². The highest BCUT2D eigenvalue weighted by molar-refractivity contribution is 6.31. The zero-order valence-corrected chi connectivity index (χ0v) is 12.4.